The van der Waals surface area contributed by atoms with Crippen molar-refractivity contribution < 1.29 is 5.11 Å². The minimum atomic E-state index is -0.221. The van der Waals surface area contributed by atoms with Crippen molar-refractivity contribution in [1.29, 1.82) is 0 Å². The van der Waals surface area contributed by atoms with Gasteiger partial charge in [-0.3, -0.25) is 4.57 Å². The molecule has 0 radical (unpaired) electrons. The summed E-state index contributed by atoms with van der Waals surface area (Å²) in [6.45, 7) is 0.308. The molecule has 0 saturated carbocycles. The Morgan fingerprint density at radius 2 is 2.00 bits per heavy atom. The molecule has 0 spiro atoms. The number of aromatic hydroxyl groups is 1. The van der Waals surface area contributed by atoms with Crippen LogP contribution >= 0.6 is 11.6 Å². The van der Waals surface area contributed by atoms with E-state index in [0.29, 0.717) is 22.9 Å². The van der Waals surface area contributed by atoms with Crippen LogP contribution in [0.15, 0.2) is 18.3 Å². The van der Waals surface area contributed by atoms with Crippen molar-refractivity contribution in [3.63, 3.8) is 0 Å². The lowest BCUT2D eigenvalue weighted by atomic mass is 10.3. The van der Waals surface area contributed by atoms with Gasteiger partial charge in [0, 0.05) is 6.20 Å². The van der Waals surface area contributed by atoms with Gasteiger partial charge in [0.1, 0.15) is 5.15 Å². The highest BCUT2D eigenvalue weighted by Gasteiger charge is 2.15. The zero-order valence-corrected chi connectivity index (χ0v) is 10.9. The van der Waals surface area contributed by atoms with Crippen molar-refractivity contribution in [1.82, 2.24) is 24.5 Å². The van der Waals surface area contributed by atoms with Crippen LogP contribution in [-0.2, 0) is 6.54 Å². The predicted octanol–water partition coefficient (Wildman–Crippen LogP) is 0.793. The van der Waals surface area contributed by atoms with Gasteiger partial charge >= 0.3 is 0 Å². The number of hydrogen-bond acceptors (Lipinski definition) is 7. The van der Waals surface area contributed by atoms with Gasteiger partial charge in [0.2, 0.25) is 5.95 Å². The Kier molecular flexibility index (Phi) is 2.79. The summed E-state index contributed by atoms with van der Waals surface area (Å²) in [4.78, 5) is 15.8. The number of nitrogens with zero attached hydrogens (tertiary/aromatic N) is 5. The van der Waals surface area contributed by atoms with E-state index in [2.05, 4.69) is 19.9 Å². The maximum Gasteiger partial charge on any atom is 0.296 e. The zero-order valence-electron chi connectivity index (χ0n) is 10.2. The lowest BCUT2D eigenvalue weighted by Gasteiger charge is -2.05. The van der Waals surface area contributed by atoms with Crippen LogP contribution in [0.4, 0.5) is 11.8 Å². The highest BCUT2D eigenvalue weighted by molar-refractivity contribution is 6.29. The fourth-order valence-electron chi connectivity index (χ4n) is 1.86. The van der Waals surface area contributed by atoms with Crippen molar-refractivity contribution in [3.05, 3.63) is 29.0 Å². The Labute approximate surface area is 118 Å². The van der Waals surface area contributed by atoms with Gasteiger partial charge in [-0.25, -0.2) is 4.98 Å². The van der Waals surface area contributed by atoms with Crippen LogP contribution in [0.5, 0.6) is 6.01 Å². The summed E-state index contributed by atoms with van der Waals surface area (Å²) in [5.41, 5.74) is 12.8. The smallest absolute Gasteiger partial charge is 0.296 e. The Balaban J connectivity index is 2.11. The largest absolute Gasteiger partial charge is 0.480 e. The molecule has 0 aliphatic heterocycles. The molecule has 5 N–H and O–H groups in total. The molecule has 0 amide bonds. The maximum atomic E-state index is 9.91. The first kappa shape index (κ1) is 12.4. The molecule has 3 rings (SSSR count). The summed E-state index contributed by atoms with van der Waals surface area (Å²) < 4.78 is 1.47. The number of hydrogen-bond donors (Lipinski definition) is 3. The normalized spacial score (nSPS) is 11.1. The van der Waals surface area contributed by atoms with Crippen LogP contribution in [0, 0.1) is 0 Å². The van der Waals surface area contributed by atoms with Gasteiger partial charge in [0.05, 0.1) is 6.54 Å². The molecule has 0 saturated heterocycles. The highest BCUT2D eigenvalue weighted by atomic mass is 35.5. The molecule has 0 bridgehead atoms. The number of rotatable bonds is 2. The number of nitrogen functional groups attached to an aromatic ring is 2. The van der Waals surface area contributed by atoms with E-state index in [1.807, 2.05) is 0 Å². The van der Waals surface area contributed by atoms with Crippen LogP contribution in [0.2, 0.25) is 5.15 Å². The Hall–Kier alpha value is -2.61. The highest BCUT2D eigenvalue weighted by Crippen LogP contribution is 2.24. The van der Waals surface area contributed by atoms with Gasteiger partial charge in [0.15, 0.2) is 17.0 Å². The Morgan fingerprint density at radius 3 is 2.70 bits per heavy atom. The molecule has 3 aromatic rings. The number of pyridine rings is 1. The van der Waals surface area contributed by atoms with Gasteiger partial charge in [0.25, 0.3) is 6.01 Å². The number of aromatic nitrogens is 5. The molecule has 8 nitrogen and oxygen atoms in total. The maximum absolute atomic E-state index is 9.91. The second-order valence-electron chi connectivity index (χ2n) is 4.13. The number of halogens is 1. The first-order valence-corrected chi connectivity index (χ1v) is 6.01. The molecule has 0 aliphatic carbocycles. The van der Waals surface area contributed by atoms with Crippen LogP contribution in [0.25, 0.3) is 11.2 Å². The van der Waals surface area contributed by atoms with Crippen molar-refractivity contribution in [2.75, 3.05) is 11.5 Å². The third-order valence-corrected chi connectivity index (χ3v) is 2.97. The number of nitrogens with two attached hydrogens (primary N) is 2. The minimum Gasteiger partial charge on any atom is -0.480 e. The lowest BCUT2D eigenvalue weighted by Crippen LogP contribution is -2.04. The summed E-state index contributed by atoms with van der Waals surface area (Å²) in [7, 11) is 0. The van der Waals surface area contributed by atoms with E-state index < -0.39 is 0 Å². The third kappa shape index (κ3) is 2.05. The van der Waals surface area contributed by atoms with Gasteiger partial charge in [-0.2, -0.15) is 15.0 Å². The van der Waals surface area contributed by atoms with Crippen LogP contribution in [0.1, 0.15) is 5.56 Å². The summed E-state index contributed by atoms with van der Waals surface area (Å²) in [5.74, 6) is 0.140. The minimum absolute atomic E-state index is 0.0189. The molecule has 20 heavy (non-hydrogen) atoms. The standard InChI is InChI=1S/C11H10ClN7O/c12-6-2-1-5(3-15-6)4-19-9-7(16-11(19)20)8(13)17-10(14)18-9/h1-3H,4H2,(H,16,20)(H4,13,14,17,18). The first-order valence-electron chi connectivity index (χ1n) is 5.63. The molecule has 0 aromatic carbocycles. The first-order chi connectivity index (χ1) is 9.54. The van der Waals surface area contributed by atoms with E-state index >= 15 is 0 Å². The predicted molar refractivity (Wildman–Crippen MR) is 74.2 cm³/mol. The zero-order chi connectivity index (χ0) is 14.3. The number of anilines is 2. The fourth-order valence-corrected chi connectivity index (χ4v) is 1.97. The molecule has 0 unspecified atom stereocenters. The molecule has 3 heterocycles. The summed E-state index contributed by atoms with van der Waals surface area (Å²) in [6.07, 6.45) is 1.60. The Morgan fingerprint density at radius 1 is 1.20 bits per heavy atom. The summed E-state index contributed by atoms with van der Waals surface area (Å²) >= 11 is 5.73. The van der Waals surface area contributed by atoms with Crippen molar-refractivity contribution in [3.8, 4) is 6.01 Å². The third-order valence-electron chi connectivity index (χ3n) is 2.75. The van der Waals surface area contributed by atoms with Gasteiger partial charge in [-0.1, -0.05) is 17.7 Å². The summed E-state index contributed by atoms with van der Waals surface area (Å²) in [6, 6.07) is 3.22. The number of fused-ring (bicyclic) bond motifs is 1. The van der Waals surface area contributed by atoms with Crippen molar-refractivity contribution in [2.45, 2.75) is 6.54 Å². The van der Waals surface area contributed by atoms with Crippen LogP contribution < -0.4 is 11.5 Å². The SMILES string of the molecule is Nc1nc(N)c2nc(O)n(Cc3ccc(Cl)nc3)c2n1. The number of imidazole rings is 1. The topological polar surface area (TPSA) is 129 Å². The quantitative estimate of drug-likeness (QED) is 0.595. The second-order valence-corrected chi connectivity index (χ2v) is 4.51. The monoisotopic (exact) mass is 291 g/mol. The van der Waals surface area contributed by atoms with Gasteiger partial charge in [-0.05, 0) is 11.6 Å². The lowest BCUT2D eigenvalue weighted by molar-refractivity contribution is 0.408. The van der Waals surface area contributed by atoms with E-state index in [4.69, 9.17) is 23.1 Å². The average molecular weight is 292 g/mol. The molecule has 0 atom stereocenters. The van der Waals surface area contributed by atoms with E-state index in [9.17, 15) is 5.11 Å². The molecule has 0 fully saturated rings. The average Bonchev–Trinajstić information content (AvgIpc) is 2.70. The van der Waals surface area contributed by atoms with E-state index in [0.717, 1.165) is 5.56 Å². The molecule has 0 aliphatic rings. The van der Waals surface area contributed by atoms with Crippen molar-refractivity contribution >= 4 is 34.5 Å². The van der Waals surface area contributed by atoms with E-state index in [1.165, 1.54) is 4.57 Å². The van der Waals surface area contributed by atoms with Crippen LogP contribution in [0.3, 0.4) is 0 Å². The van der Waals surface area contributed by atoms with E-state index in [1.54, 1.807) is 18.3 Å². The fraction of sp³-hybridized carbons (Fsp3) is 0.0909. The van der Waals surface area contributed by atoms with E-state index in [-0.39, 0.29) is 17.8 Å². The van der Waals surface area contributed by atoms with Gasteiger partial charge in [-0.15, -0.1) is 0 Å². The molecular weight excluding hydrogens is 282 g/mol. The summed E-state index contributed by atoms with van der Waals surface area (Å²) in [5, 5.41) is 10.3. The molecular formula is C11H10ClN7O. The molecule has 9 heteroatoms. The van der Waals surface area contributed by atoms with Crippen molar-refractivity contribution in [2.24, 2.45) is 0 Å². The second kappa shape index (κ2) is 4.49. The van der Waals surface area contributed by atoms with Crippen LogP contribution in [-0.4, -0.2) is 29.6 Å². The molecule has 3 aromatic heterocycles. The molecule has 102 valence electrons. The Bertz CT molecular complexity index is 784. The van der Waals surface area contributed by atoms with Gasteiger partial charge < -0.3 is 16.6 Å².